The summed E-state index contributed by atoms with van der Waals surface area (Å²) in [6.45, 7) is 6.29. The molecule has 0 saturated carbocycles. The van der Waals surface area contributed by atoms with E-state index in [-0.39, 0.29) is 12.7 Å². The van der Waals surface area contributed by atoms with Gasteiger partial charge in [-0.15, -0.1) is 6.58 Å². The zero-order chi connectivity index (χ0) is 19.6. The van der Waals surface area contributed by atoms with E-state index >= 15 is 0 Å². The van der Waals surface area contributed by atoms with E-state index in [4.69, 9.17) is 9.57 Å². The number of hydrogen-bond acceptors (Lipinski definition) is 5. The summed E-state index contributed by atoms with van der Waals surface area (Å²) in [5.41, 5.74) is 3.27. The Morgan fingerprint density at radius 2 is 1.89 bits per heavy atom. The van der Waals surface area contributed by atoms with Crippen molar-refractivity contribution >= 4 is 5.71 Å². The van der Waals surface area contributed by atoms with Gasteiger partial charge in [-0.25, -0.2) is 0 Å². The van der Waals surface area contributed by atoms with Crippen molar-refractivity contribution in [2.45, 2.75) is 25.2 Å². The molecule has 2 aromatic carbocycles. The van der Waals surface area contributed by atoms with Crippen molar-refractivity contribution in [3.63, 3.8) is 0 Å². The maximum Gasteiger partial charge on any atom is 0.145 e. The van der Waals surface area contributed by atoms with Crippen LogP contribution in [0.1, 0.15) is 17.5 Å². The zero-order valence-electron chi connectivity index (χ0n) is 16.1. The number of nitrogens with zero attached hydrogens (tertiary/aromatic N) is 2. The third-order valence-corrected chi connectivity index (χ3v) is 4.57. The van der Waals surface area contributed by atoms with E-state index in [1.165, 1.54) is 5.56 Å². The summed E-state index contributed by atoms with van der Waals surface area (Å²) in [4.78, 5) is 7.89. The van der Waals surface area contributed by atoms with Gasteiger partial charge in [0.05, 0.1) is 25.0 Å². The minimum atomic E-state index is -0.570. The lowest BCUT2D eigenvalue weighted by atomic mass is 10.0. The fourth-order valence-electron chi connectivity index (χ4n) is 3.30. The van der Waals surface area contributed by atoms with E-state index in [1.54, 1.807) is 6.08 Å². The standard InChI is InChI=1S/C23H28N2O3/c1-2-13-27-18-21(26)16-25(15-19-9-5-3-6-10-19)17-22-14-23(24-28-22)20-11-7-4-8-12-20/h2-12,21-22,26H,1,13-18H2. The minimum absolute atomic E-state index is 0.0276. The molecule has 0 bridgehead atoms. The Labute approximate surface area is 166 Å². The summed E-state index contributed by atoms with van der Waals surface area (Å²) in [5, 5.41) is 14.6. The molecule has 1 aliphatic rings. The first-order valence-corrected chi connectivity index (χ1v) is 9.65. The van der Waals surface area contributed by atoms with Crippen molar-refractivity contribution in [3.8, 4) is 0 Å². The predicted octanol–water partition coefficient (Wildman–Crippen LogP) is 3.25. The van der Waals surface area contributed by atoms with Crippen LogP contribution in [0.15, 0.2) is 78.5 Å². The van der Waals surface area contributed by atoms with Crippen molar-refractivity contribution in [3.05, 3.63) is 84.4 Å². The summed E-state index contributed by atoms with van der Waals surface area (Å²) in [5.74, 6) is 0. The second-order valence-corrected chi connectivity index (χ2v) is 7.00. The molecule has 0 amide bonds. The summed E-state index contributed by atoms with van der Waals surface area (Å²) >= 11 is 0. The first-order chi connectivity index (χ1) is 13.7. The molecular formula is C23H28N2O3. The highest BCUT2D eigenvalue weighted by Crippen LogP contribution is 2.18. The van der Waals surface area contributed by atoms with Crippen LogP contribution < -0.4 is 0 Å². The van der Waals surface area contributed by atoms with Crippen LogP contribution in [0, 0.1) is 0 Å². The summed E-state index contributed by atoms with van der Waals surface area (Å²) < 4.78 is 5.39. The van der Waals surface area contributed by atoms with Crippen molar-refractivity contribution in [1.29, 1.82) is 0 Å². The molecule has 5 nitrogen and oxygen atoms in total. The third kappa shape index (κ3) is 6.30. The van der Waals surface area contributed by atoms with E-state index in [0.717, 1.165) is 24.2 Å². The van der Waals surface area contributed by atoms with E-state index in [1.807, 2.05) is 48.5 Å². The van der Waals surface area contributed by atoms with Gasteiger partial charge in [0.2, 0.25) is 0 Å². The number of benzene rings is 2. The smallest absolute Gasteiger partial charge is 0.145 e. The molecule has 2 atom stereocenters. The number of aliphatic hydroxyl groups excluding tert-OH is 1. The molecule has 3 rings (SSSR count). The topological polar surface area (TPSA) is 54.3 Å². The van der Waals surface area contributed by atoms with Gasteiger partial charge in [-0.2, -0.15) is 0 Å². The molecule has 148 valence electrons. The van der Waals surface area contributed by atoms with Crippen LogP contribution in [0.25, 0.3) is 0 Å². The van der Waals surface area contributed by atoms with Gasteiger partial charge in [0.1, 0.15) is 6.10 Å². The van der Waals surface area contributed by atoms with Crippen LogP contribution in [0.2, 0.25) is 0 Å². The quantitative estimate of drug-likeness (QED) is 0.480. The third-order valence-electron chi connectivity index (χ3n) is 4.57. The van der Waals surface area contributed by atoms with Crippen LogP contribution in [0.4, 0.5) is 0 Å². The highest BCUT2D eigenvalue weighted by atomic mass is 16.6. The Morgan fingerprint density at radius 3 is 2.61 bits per heavy atom. The monoisotopic (exact) mass is 380 g/mol. The first kappa shape index (κ1) is 20.3. The van der Waals surface area contributed by atoms with E-state index in [9.17, 15) is 5.11 Å². The van der Waals surface area contributed by atoms with Crippen LogP contribution in [-0.4, -0.2) is 54.2 Å². The summed E-state index contributed by atoms with van der Waals surface area (Å²) in [6.07, 6.45) is 1.85. The van der Waals surface area contributed by atoms with E-state index < -0.39 is 6.10 Å². The Hall–Kier alpha value is -2.47. The van der Waals surface area contributed by atoms with Gasteiger partial charge in [-0.1, -0.05) is 71.9 Å². The Morgan fingerprint density at radius 1 is 1.18 bits per heavy atom. The molecule has 0 saturated heterocycles. The van der Waals surface area contributed by atoms with Crippen molar-refractivity contribution in [1.82, 2.24) is 4.90 Å². The predicted molar refractivity (Wildman–Crippen MR) is 111 cm³/mol. The molecule has 0 spiro atoms. The van der Waals surface area contributed by atoms with Crippen LogP contribution in [0.3, 0.4) is 0 Å². The van der Waals surface area contributed by atoms with Crippen LogP contribution >= 0.6 is 0 Å². The van der Waals surface area contributed by atoms with Crippen molar-refractivity contribution < 1.29 is 14.7 Å². The maximum absolute atomic E-state index is 10.4. The molecule has 0 aliphatic carbocycles. The molecule has 0 aromatic heterocycles. The Kier molecular flexibility index (Phi) is 7.79. The van der Waals surface area contributed by atoms with E-state index in [2.05, 4.69) is 28.8 Å². The van der Waals surface area contributed by atoms with Crippen LogP contribution in [-0.2, 0) is 16.1 Å². The van der Waals surface area contributed by atoms with Gasteiger partial charge in [0, 0.05) is 26.1 Å². The molecule has 1 heterocycles. The number of hydrogen-bond donors (Lipinski definition) is 1. The van der Waals surface area contributed by atoms with Gasteiger partial charge in [0.25, 0.3) is 0 Å². The Bertz CT molecular complexity index is 749. The van der Waals surface area contributed by atoms with Gasteiger partial charge < -0.3 is 14.7 Å². The molecule has 0 fully saturated rings. The lowest BCUT2D eigenvalue weighted by Crippen LogP contribution is -2.39. The number of rotatable bonds is 11. The molecule has 5 heteroatoms. The number of ether oxygens (including phenoxy) is 1. The molecular weight excluding hydrogens is 352 g/mol. The van der Waals surface area contributed by atoms with Gasteiger partial charge in [-0.05, 0) is 11.1 Å². The number of aliphatic hydroxyl groups is 1. The van der Waals surface area contributed by atoms with Gasteiger partial charge in [-0.3, -0.25) is 4.90 Å². The fourth-order valence-corrected chi connectivity index (χ4v) is 3.30. The summed E-state index contributed by atoms with van der Waals surface area (Å²) in [7, 11) is 0. The number of oxime groups is 1. The van der Waals surface area contributed by atoms with Crippen molar-refractivity contribution in [2.24, 2.45) is 5.16 Å². The fraction of sp³-hybridized carbons (Fsp3) is 0.348. The molecule has 1 N–H and O–H groups in total. The highest BCUT2D eigenvalue weighted by Gasteiger charge is 2.25. The van der Waals surface area contributed by atoms with E-state index in [0.29, 0.717) is 19.7 Å². The zero-order valence-corrected chi connectivity index (χ0v) is 16.1. The van der Waals surface area contributed by atoms with Gasteiger partial charge >= 0.3 is 0 Å². The minimum Gasteiger partial charge on any atom is -0.390 e. The first-order valence-electron chi connectivity index (χ1n) is 9.65. The molecule has 1 aliphatic heterocycles. The Balaban J connectivity index is 1.58. The normalized spacial score (nSPS) is 17.2. The SMILES string of the molecule is C=CCOCC(O)CN(Cc1ccccc1)CC1CC(c2ccccc2)=NO1. The largest absolute Gasteiger partial charge is 0.390 e. The molecule has 2 unspecified atom stereocenters. The van der Waals surface area contributed by atoms with Gasteiger partial charge in [0.15, 0.2) is 0 Å². The average molecular weight is 380 g/mol. The lowest BCUT2D eigenvalue weighted by Gasteiger charge is -2.27. The second-order valence-electron chi connectivity index (χ2n) is 7.00. The summed E-state index contributed by atoms with van der Waals surface area (Å²) in [6, 6.07) is 20.4. The maximum atomic E-state index is 10.4. The molecule has 28 heavy (non-hydrogen) atoms. The second kappa shape index (κ2) is 10.8. The highest BCUT2D eigenvalue weighted by molar-refractivity contribution is 6.01. The molecule has 2 aromatic rings. The average Bonchev–Trinajstić information content (AvgIpc) is 3.18. The van der Waals surface area contributed by atoms with Crippen LogP contribution in [0.5, 0.6) is 0 Å². The lowest BCUT2D eigenvalue weighted by molar-refractivity contribution is 0.00336. The molecule has 0 radical (unpaired) electrons. The van der Waals surface area contributed by atoms with Crippen molar-refractivity contribution in [2.75, 3.05) is 26.3 Å².